The number of likely N-dealkylation sites (N-methyl/N-ethyl adjacent to an activating group) is 1. The third-order valence-corrected chi connectivity index (χ3v) is 4.65. The summed E-state index contributed by atoms with van der Waals surface area (Å²) in [5.74, 6) is -0.594. The van der Waals surface area contributed by atoms with Crippen LogP contribution in [0, 0.1) is 13.8 Å². The second kappa shape index (κ2) is 7.22. The molecule has 1 radical (unpaired) electrons. The van der Waals surface area contributed by atoms with Crippen molar-refractivity contribution in [3.05, 3.63) is 28.8 Å². The fourth-order valence-corrected chi connectivity index (χ4v) is 3.03. The van der Waals surface area contributed by atoms with Gasteiger partial charge < -0.3 is 26.8 Å². The SMILES string of the molecule is COC(=O)c1cc(C)cc(C)c1NC(=O)C1([N+](C)(C)[S-])CC1.[Y]. The van der Waals surface area contributed by atoms with Gasteiger partial charge in [0, 0.05) is 45.6 Å². The van der Waals surface area contributed by atoms with Crippen molar-refractivity contribution in [1.82, 2.24) is 0 Å². The molecule has 0 saturated heterocycles. The van der Waals surface area contributed by atoms with E-state index in [1.54, 1.807) is 6.07 Å². The molecule has 1 aliphatic rings. The zero-order valence-corrected chi connectivity index (χ0v) is 17.9. The van der Waals surface area contributed by atoms with E-state index in [4.69, 9.17) is 17.6 Å². The van der Waals surface area contributed by atoms with Gasteiger partial charge in [-0.05, 0) is 31.0 Å². The molecule has 1 N–H and O–H groups in total. The maximum absolute atomic E-state index is 12.7. The monoisotopic (exact) mass is 411 g/mol. The molecular formula is C16H22N2O3SY. The second-order valence-electron chi connectivity index (χ2n) is 6.33. The Morgan fingerprint density at radius 3 is 2.26 bits per heavy atom. The summed E-state index contributed by atoms with van der Waals surface area (Å²) in [6.07, 6.45) is 1.52. The van der Waals surface area contributed by atoms with E-state index in [9.17, 15) is 9.59 Å². The minimum atomic E-state index is -0.583. The molecule has 0 unspecified atom stereocenters. The maximum Gasteiger partial charge on any atom is 0.339 e. The van der Waals surface area contributed by atoms with E-state index in [0.29, 0.717) is 11.3 Å². The maximum atomic E-state index is 12.7. The standard InChI is InChI=1S/C16H22N2O3S.Y/c1-10-8-11(2)13(12(9-10)14(19)21-5)17-15(20)16(6-7-16)18(3,4)22;/h8-9H,6-7H2,1-5H3,(H,17,20);. The number of hydrogen-bond donors (Lipinski definition) is 1. The molecule has 2 rings (SSSR count). The molecule has 1 aromatic carbocycles. The van der Waals surface area contributed by atoms with Gasteiger partial charge in [-0.3, -0.25) is 4.79 Å². The van der Waals surface area contributed by atoms with Crippen molar-refractivity contribution in [3.8, 4) is 0 Å². The number of esters is 1. The molecule has 0 spiro atoms. The van der Waals surface area contributed by atoms with Crippen molar-refractivity contribution < 1.29 is 50.9 Å². The van der Waals surface area contributed by atoms with Crippen molar-refractivity contribution in [2.24, 2.45) is 0 Å². The first-order valence-electron chi connectivity index (χ1n) is 7.18. The summed E-state index contributed by atoms with van der Waals surface area (Å²) < 4.78 is 4.99. The van der Waals surface area contributed by atoms with Gasteiger partial charge in [0.2, 0.25) is 0 Å². The molecule has 5 nitrogen and oxygen atoms in total. The first-order valence-corrected chi connectivity index (χ1v) is 7.55. The van der Waals surface area contributed by atoms with Gasteiger partial charge in [-0.25, -0.2) is 4.79 Å². The van der Waals surface area contributed by atoms with Crippen LogP contribution in [0.1, 0.15) is 34.3 Å². The normalized spacial score (nSPS) is 15.4. The number of carbonyl (C=O) groups is 2. The van der Waals surface area contributed by atoms with Crippen LogP contribution in [-0.2, 0) is 55.1 Å². The summed E-state index contributed by atoms with van der Waals surface area (Å²) in [5, 5.41) is 2.91. The number of benzene rings is 1. The van der Waals surface area contributed by atoms with Crippen molar-refractivity contribution in [3.63, 3.8) is 0 Å². The van der Waals surface area contributed by atoms with Gasteiger partial charge in [0.15, 0.2) is 5.54 Å². The molecular weight excluding hydrogens is 389 g/mol. The fourth-order valence-electron chi connectivity index (χ4n) is 2.76. The number of quaternary nitrogens is 1. The molecule has 1 aliphatic carbocycles. The smallest absolute Gasteiger partial charge is 0.339 e. The Hall–Kier alpha value is -0.426. The van der Waals surface area contributed by atoms with E-state index in [1.807, 2.05) is 34.0 Å². The molecule has 1 saturated carbocycles. The van der Waals surface area contributed by atoms with Crippen molar-refractivity contribution in [1.29, 1.82) is 0 Å². The van der Waals surface area contributed by atoms with E-state index in [2.05, 4.69) is 5.32 Å². The Kier molecular flexibility index (Phi) is 6.47. The number of anilines is 1. The molecule has 23 heavy (non-hydrogen) atoms. The van der Waals surface area contributed by atoms with Gasteiger partial charge in [0.1, 0.15) is 0 Å². The van der Waals surface area contributed by atoms with E-state index >= 15 is 0 Å². The molecule has 0 atom stereocenters. The van der Waals surface area contributed by atoms with Crippen molar-refractivity contribution in [2.45, 2.75) is 32.2 Å². The van der Waals surface area contributed by atoms with E-state index < -0.39 is 11.5 Å². The van der Waals surface area contributed by atoms with Crippen LogP contribution >= 0.6 is 0 Å². The van der Waals surface area contributed by atoms with Crippen LogP contribution in [0.2, 0.25) is 0 Å². The molecule has 0 heterocycles. The first kappa shape index (κ1) is 20.6. The summed E-state index contributed by atoms with van der Waals surface area (Å²) in [4.78, 5) is 24.7. The summed E-state index contributed by atoms with van der Waals surface area (Å²) in [5.41, 5.74) is 2.08. The number of amides is 1. The third-order valence-electron chi connectivity index (χ3n) is 4.30. The van der Waals surface area contributed by atoms with Crippen LogP contribution in [0.4, 0.5) is 5.69 Å². The number of rotatable bonds is 4. The number of hydrogen-bond acceptors (Lipinski definition) is 4. The molecule has 7 heteroatoms. The van der Waals surface area contributed by atoms with Gasteiger partial charge in [-0.15, -0.1) is 0 Å². The number of methoxy groups -OCH3 is 1. The number of carbonyl (C=O) groups excluding carboxylic acids is 2. The predicted molar refractivity (Wildman–Crippen MR) is 87.3 cm³/mol. The zero-order valence-electron chi connectivity index (χ0n) is 14.2. The average molecular weight is 411 g/mol. The van der Waals surface area contributed by atoms with Gasteiger partial charge in [0.25, 0.3) is 5.91 Å². The van der Waals surface area contributed by atoms with Gasteiger partial charge in [0.05, 0.1) is 32.5 Å². The van der Waals surface area contributed by atoms with Crippen molar-refractivity contribution >= 4 is 30.4 Å². The average Bonchev–Trinajstić information content (AvgIpc) is 3.21. The van der Waals surface area contributed by atoms with Crippen molar-refractivity contribution in [2.75, 3.05) is 26.5 Å². The van der Waals surface area contributed by atoms with Crippen LogP contribution in [-0.4, -0.2) is 42.5 Å². The van der Waals surface area contributed by atoms with Crippen LogP contribution in [0.15, 0.2) is 12.1 Å². The quantitative estimate of drug-likeness (QED) is 0.469. The summed E-state index contributed by atoms with van der Waals surface area (Å²) >= 11 is 5.42. The fraction of sp³-hybridized carbons (Fsp3) is 0.500. The molecule has 0 bridgehead atoms. The zero-order chi connectivity index (χ0) is 16.7. The second-order valence-corrected chi connectivity index (χ2v) is 7.25. The van der Waals surface area contributed by atoms with Gasteiger partial charge >= 0.3 is 5.97 Å². The van der Waals surface area contributed by atoms with Gasteiger partial charge in [-0.1, -0.05) is 6.07 Å². The Morgan fingerprint density at radius 2 is 1.83 bits per heavy atom. The van der Waals surface area contributed by atoms with Crippen LogP contribution < -0.4 is 5.32 Å². The minimum absolute atomic E-state index is 0. The Labute approximate surface area is 168 Å². The van der Waals surface area contributed by atoms with E-state index in [0.717, 1.165) is 24.0 Å². The van der Waals surface area contributed by atoms with Crippen LogP contribution in [0.3, 0.4) is 0 Å². The van der Waals surface area contributed by atoms with E-state index in [-0.39, 0.29) is 42.5 Å². The summed E-state index contributed by atoms with van der Waals surface area (Å²) in [6.45, 7) is 3.76. The molecule has 1 amide bonds. The number of nitrogens with one attached hydrogen (secondary N) is 1. The number of ether oxygens (including phenoxy) is 1. The number of aryl methyl sites for hydroxylation is 2. The van der Waals surface area contributed by atoms with Gasteiger partial charge in [-0.2, -0.15) is 0 Å². The summed E-state index contributed by atoms with van der Waals surface area (Å²) in [7, 11) is 5.01. The largest absolute Gasteiger partial charge is 0.494 e. The molecule has 123 valence electrons. The van der Waals surface area contributed by atoms with E-state index in [1.165, 1.54) is 7.11 Å². The topological polar surface area (TPSA) is 55.4 Å². The first-order chi connectivity index (χ1) is 10.1. The summed E-state index contributed by atoms with van der Waals surface area (Å²) in [6, 6.07) is 3.65. The molecule has 1 aromatic rings. The Bertz CT molecular complexity index is 637. The Morgan fingerprint density at radius 1 is 1.26 bits per heavy atom. The Balaban J connectivity index is 0.00000264. The van der Waals surface area contributed by atoms with Crippen LogP contribution in [0.5, 0.6) is 0 Å². The predicted octanol–water partition coefficient (Wildman–Crippen LogP) is 2.10. The molecule has 1 fully saturated rings. The third kappa shape index (κ3) is 3.98. The van der Waals surface area contributed by atoms with Crippen LogP contribution in [0.25, 0.3) is 0 Å². The minimum Gasteiger partial charge on any atom is -0.494 e. The number of nitrogens with zero attached hydrogens (tertiary/aromatic N) is 1. The molecule has 0 aliphatic heterocycles. The molecule has 0 aromatic heterocycles.